The highest BCUT2D eigenvalue weighted by Gasteiger charge is 2.18. The zero-order valence-electron chi connectivity index (χ0n) is 14.5. The second-order valence-corrected chi connectivity index (χ2v) is 8.05. The van der Waals surface area contributed by atoms with Crippen LogP contribution in [0.15, 0.2) is 65.1 Å². The number of benzene rings is 2. The fraction of sp³-hybridized carbons (Fsp3) is 0.0476. The van der Waals surface area contributed by atoms with Crippen LogP contribution in [-0.2, 0) is 0 Å². The highest BCUT2D eigenvalue weighted by molar-refractivity contribution is 9.10. The Morgan fingerprint density at radius 2 is 1.81 bits per heavy atom. The van der Waals surface area contributed by atoms with Gasteiger partial charge in [0.2, 0.25) is 0 Å². The Kier molecular flexibility index (Phi) is 4.68. The fourth-order valence-corrected chi connectivity index (χ4v) is 4.17. The third-order valence-corrected chi connectivity index (χ3v) is 6.07. The first-order valence-corrected chi connectivity index (χ1v) is 9.96. The van der Waals surface area contributed by atoms with Crippen molar-refractivity contribution in [2.24, 2.45) is 0 Å². The van der Waals surface area contributed by atoms with Crippen LogP contribution in [0.1, 0.15) is 15.2 Å². The maximum absolute atomic E-state index is 12.7. The number of halogens is 1. The second-order valence-electron chi connectivity index (χ2n) is 6.19. The van der Waals surface area contributed by atoms with E-state index in [1.807, 2.05) is 48.5 Å². The van der Waals surface area contributed by atoms with Gasteiger partial charge in [0.05, 0.1) is 17.1 Å². The molecular formula is C21H16BrN3OS. The average Bonchev–Trinajstić information content (AvgIpc) is 3.00. The van der Waals surface area contributed by atoms with Crippen molar-refractivity contribution in [3.8, 4) is 11.3 Å². The van der Waals surface area contributed by atoms with Crippen LogP contribution in [0.3, 0.4) is 0 Å². The van der Waals surface area contributed by atoms with Gasteiger partial charge < -0.3 is 11.1 Å². The number of pyridine rings is 1. The lowest BCUT2D eigenvalue weighted by atomic mass is 10.1. The number of amides is 1. The molecule has 0 aliphatic carbocycles. The Labute approximate surface area is 169 Å². The van der Waals surface area contributed by atoms with E-state index >= 15 is 0 Å². The van der Waals surface area contributed by atoms with E-state index in [0.29, 0.717) is 16.3 Å². The predicted molar refractivity (Wildman–Crippen MR) is 116 cm³/mol. The van der Waals surface area contributed by atoms with Crippen LogP contribution in [0, 0.1) is 6.92 Å². The molecule has 6 heteroatoms. The highest BCUT2D eigenvalue weighted by Crippen LogP contribution is 2.35. The number of nitrogens with zero attached hydrogens (tertiary/aromatic N) is 1. The molecule has 0 spiro atoms. The predicted octanol–water partition coefficient (Wildman–Crippen LogP) is 5.87. The zero-order valence-corrected chi connectivity index (χ0v) is 16.9. The number of aryl methyl sites for hydroxylation is 1. The topological polar surface area (TPSA) is 68.0 Å². The first kappa shape index (κ1) is 17.7. The maximum Gasteiger partial charge on any atom is 0.267 e. The number of para-hydroxylation sites is 1. The quantitative estimate of drug-likeness (QED) is 0.421. The van der Waals surface area contributed by atoms with Gasteiger partial charge in [0.1, 0.15) is 9.71 Å². The highest BCUT2D eigenvalue weighted by atomic mass is 79.9. The largest absolute Gasteiger partial charge is 0.397 e. The van der Waals surface area contributed by atoms with Crippen molar-refractivity contribution < 1.29 is 4.79 Å². The molecule has 0 bridgehead atoms. The van der Waals surface area contributed by atoms with E-state index in [4.69, 9.17) is 10.7 Å². The first-order chi connectivity index (χ1) is 13.0. The Hall–Kier alpha value is -2.70. The summed E-state index contributed by atoms with van der Waals surface area (Å²) < 4.78 is 0.817. The van der Waals surface area contributed by atoms with E-state index in [0.717, 1.165) is 25.9 Å². The molecule has 4 rings (SSSR count). The zero-order chi connectivity index (χ0) is 19.0. The lowest BCUT2D eigenvalue weighted by Crippen LogP contribution is -2.12. The van der Waals surface area contributed by atoms with Crippen molar-refractivity contribution in [2.75, 3.05) is 11.1 Å². The van der Waals surface area contributed by atoms with Crippen molar-refractivity contribution in [3.05, 3.63) is 75.6 Å². The van der Waals surface area contributed by atoms with Crippen molar-refractivity contribution in [1.82, 2.24) is 4.98 Å². The Bertz CT molecular complexity index is 1150. The summed E-state index contributed by atoms with van der Waals surface area (Å²) in [5, 5.41) is 3.70. The minimum absolute atomic E-state index is 0.237. The molecule has 3 N–H and O–H groups in total. The van der Waals surface area contributed by atoms with Gasteiger partial charge in [-0.15, -0.1) is 11.3 Å². The van der Waals surface area contributed by atoms with Crippen molar-refractivity contribution in [2.45, 2.75) is 6.92 Å². The summed E-state index contributed by atoms with van der Waals surface area (Å²) in [6, 6.07) is 19.5. The number of nitrogens with one attached hydrogen (secondary N) is 1. The number of anilines is 2. The van der Waals surface area contributed by atoms with Crippen molar-refractivity contribution >= 4 is 54.8 Å². The number of carbonyl (C=O) groups is 1. The number of nitrogens with two attached hydrogens (primary N) is 1. The Morgan fingerprint density at radius 3 is 2.56 bits per heavy atom. The molecule has 2 heterocycles. The number of rotatable bonds is 3. The molecule has 134 valence electrons. The molecule has 0 radical (unpaired) electrons. The van der Waals surface area contributed by atoms with Gasteiger partial charge in [-0.25, -0.2) is 4.98 Å². The smallest absolute Gasteiger partial charge is 0.267 e. The van der Waals surface area contributed by atoms with Crippen LogP contribution in [0.2, 0.25) is 0 Å². The molecule has 4 aromatic rings. The molecule has 1 amide bonds. The number of nitrogen functional groups attached to an aromatic ring is 1. The standard InChI is InChI=1S/C21H16BrN3OS/c1-12-6-8-13(9-7-12)16-11-10-14-18(23)19(27-21(14)25-16)20(26)24-17-5-3-2-4-15(17)22/h2-11H,23H2,1H3,(H,24,26). The van der Waals surface area contributed by atoms with Crippen molar-refractivity contribution in [1.29, 1.82) is 0 Å². The van der Waals surface area contributed by atoms with Crippen LogP contribution in [0.25, 0.3) is 21.5 Å². The summed E-state index contributed by atoms with van der Waals surface area (Å²) in [7, 11) is 0. The number of carbonyl (C=O) groups excluding carboxylic acids is 1. The fourth-order valence-electron chi connectivity index (χ4n) is 2.79. The van der Waals surface area contributed by atoms with Gasteiger partial charge in [0.25, 0.3) is 5.91 Å². The van der Waals surface area contributed by atoms with Gasteiger partial charge in [-0.3, -0.25) is 4.79 Å². The van der Waals surface area contributed by atoms with E-state index in [1.54, 1.807) is 0 Å². The first-order valence-electron chi connectivity index (χ1n) is 8.35. The van der Waals surface area contributed by atoms with Crippen LogP contribution in [0.4, 0.5) is 11.4 Å². The molecule has 0 saturated carbocycles. The van der Waals surface area contributed by atoms with E-state index < -0.39 is 0 Å². The van der Waals surface area contributed by atoms with Crippen LogP contribution < -0.4 is 11.1 Å². The third kappa shape index (κ3) is 3.46. The van der Waals surface area contributed by atoms with Crippen molar-refractivity contribution in [3.63, 3.8) is 0 Å². The lowest BCUT2D eigenvalue weighted by Gasteiger charge is -2.06. The van der Waals surface area contributed by atoms with E-state index in [1.165, 1.54) is 16.9 Å². The van der Waals surface area contributed by atoms with Crippen LogP contribution in [-0.4, -0.2) is 10.9 Å². The van der Waals surface area contributed by atoms with Gasteiger partial charge in [-0.2, -0.15) is 0 Å². The van der Waals surface area contributed by atoms with Gasteiger partial charge in [-0.1, -0.05) is 42.0 Å². The summed E-state index contributed by atoms with van der Waals surface area (Å²) in [6.45, 7) is 2.05. The SMILES string of the molecule is Cc1ccc(-c2ccc3c(N)c(C(=O)Nc4ccccc4Br)sc3n2)cc1. The molecule has 0 aliphatic rings. The molecule has 0 fully saturated rings. The third-order valence-electron chi connectivity index (χ3n) is 4.27. The molecule has 0 aliphatic heterocycles. The maximum atomic E-state index is 12.7. The van der Waals surface area contributed by atoms with Gasteiger partial charge in [-0.05, 0) is 47.1 Å². The average molecular weight is 438 g/mol. The van der Waals surface area contributed by atoms with E-state index in [9.17, 15) is 4.79 Å². The molecule has 0 saturated heterocycles. The monoisotopic (exact) mass is 437 g/mol. The number of hydrogen-bond donors (Lipinski definition) is 2. The molecule has 0 atom stereocenters. The molecule has 4 nitrogen and oxygen atoms in total. The van der Waals surface area contributed by atoms with E-state index in [2.05, 4.69) is 40.3 Å². The second kappa shape index (κ2) is 7.13. The molecule has 27 heavy (non-hydrogen) atoms. The van der Waals surface area contributed by atoms with Gasteiger partial charge >= 0.3 is 0 Å². The minimum Gasteiger partial charge on any atom is -0.397 e. The summed E-state index contributed by atoms with van der Waals surface area (Å²) in [4.78, 5) is 18.7. The molecular weight excluding hydrogens is 422 g/mol. The summed E-state index contributed by atoms with van der Waals surface area (Å²) >= 11 is 4.74. The Balaban J connectivity index is 1.70. The Morgan fingerprint density at radius 1 is 1.07 bits per heavy atom. The molecule has 0 unspecified atom stereocenters. The molecule has 2 aromatic carbocycles. The van der Waals surface area contributed by atoms with Gasteiger partial charge in [0.15, 0.2) is 0 Å². The number of fused-ring (bicyclic) bond motifs is 1. The number of aromatic nitrogens is 1. The summed E-state index contributed by atoms with van der Waals surface area (Å²) in [5.74, 6) is -0.237. The minimum atomic E-state index is -0.237. The summed E-state index contributed by atoms with van der Waals surface area (Å²) in [5.41, 5.74) is 10.5. The number of hydrogen-bond acceptors (Lipinski definition) is 4. The lowest BCUT2D eigenvalue weighted by molar-refractivity contribution is 0.103. The molecule has 2 aromatic heterocycles. The van der Waals surface area contributed by atoms with Crippen LogP contribution in [0.5, 0.6) is 0 Å². The van der Waals surface area contributed by atoms with E-state index in [-0.39, 0.29) is 5.91 Å². The number of thiophene rings is 1. The summed E-state index contributed by atoms with van der Waals surface area (Å²) in [6.07, 6.45) is 0. The normalized spacial score (nSPS) is 10.9. The van der Waals surface area contributed by atoms with Gasteiger partial charge in [0, 0.05) is 15.4 Å². The van der Waals surface area contributed by atoms with Crippen LogP contribution >= 0.6 is 27.3 Å².